The SMILES string of the molecule is CCNC(C)(CC(C)Oc1ccccc1C)C(N)=O. The molecule has 0 saturated heterocycles. The van der Waals surface area contributed by atoms with Gasteiger partial charge in [0, 0.05) is 6.42 Å². The van der Waals surface area contributed by atoms with Crippen LogP contribution in [0, 0.1) is 6.92 Å². The third kappa shape index (κ3) is 4.24. The lowest BCUT2D eigenvalue weighted by Crippen LogP contribution is -2.55. The van der Waals surface area contributed by atoms with Gasteiger partial charge in [-0.3, -0.25) is 4.79 Å². The molecule has 0 aromatic heterocycles. The molecule has 3 N–H and O–H groups in total. The molecule has 19 heavy (non-hydrogen) atoms. The first kappa shape index (κ1) is 15.5. The Bertz CT molecular complexity index is 434. The topological polar surface area (TPSA) is 64.3 Å². The van der Waals surface area contributed by atoms with E-state index in [-0.39, 0.29) is 12.0 Å². The highest BCUT2D eigenvalue weighted by Gasteiger charge is 2.32. The molecule has 0 fully saturated rings. The fraction of sp³-hybridized carbons (Fsp3) is 0.533. The molecule has 1 aromatic carbocycles. The van der Waals surface area contributed by atoms with Crippen LogP contribution < -0.4 is 15.8 Å². The molecule has 4 heteroatoms. The van der Waals surface area contributed by atoms with E-state index in [1.165, 1.54) is 0 Å². The van der Waals surface area contributed by atoms with Gasteiger partial charge in [-0.1, -0.05) is 25.1 Å². The second-order valence-electron chi connectivity index (χ2n) is 5.12. The van der Waals surface area contributed by atoms with Gasteiger partial charge in [-0.2, -0.15) is 0 Å². The number of likely N-dealkylation sites (N-methyl/N-ethyl adjacent to an activating group) is 1. The standard InChI is InChI=1S/C15H24N2O2/c1-5-17-15(4,14(16)18)10-12(3)19-13-9-7-6-8-11(13)2/h6-9,12,17H,5,10H2,1-4H3,(H2,16,18). The van der Waals surface area contributed by atoms with Gasteiger partial charge in [-0.25, -0.2) is 0 Å². The largest absolute Gasteiger partial charge is 0.490 e. The number of nitrogens with two attached hydrogens (primary N) is 1. The van der Waals surface area contributed by atoms with Crippen molar-refractivity contribution >= 4 is 5.91 Å². The Kier molecular flexibility index (Phi) is 5.36. The van der Waals surface area contributed by atoms with Crippen LogP contribution in [0.5, 0.6) is 5.75 Å². The number of hydrogen-bond acceptors (Lipinski definition) is 3. The lowest BCUT2D eigenvalue weighted by molar-refractivity contribution is -0.124. The normalized spacial score (nSPS) is 15.6. The van der Waals surface area contributed by atoms with Crippen LogP contribution in [0.2, 0.25) is 0 Å². The fourth-order valence-electron chi connectivity index (χ4n) is 2.17. The highest BCUT2D eigenvalue weighted by Crippen LogP contribution is 2.21. The summed E-state index contributed by atoms with van der Waals surface area (Å²) in [5, 5.41) is 3.14. The predicted octanol–water partition coefficient (Wildman–Crippen LogP) is 2.01. The first-order chi connectivity index (χ1) is 8.89. The van der Waals surface area contributed by atoms with Gasteiger partial charge in [-0.05, 0) is 38.9 Å². The summed E-state index contributed by atoms with van der Waals surface area (Å²) in [6, 6.07) is 7.84. The second-order valence-corrected chi connectivity index (χ2v) is 5.12. The molecule has 0 aliphatic rings. The van der Waals surface area contributed by atoms with Crippen LogP contribution in [0.15, 0.2) is 24.3 Å². The maximum atomic E-state index is 11.6. The van der Waals surface area contributed by atoms with E-state index in [2.05, 4.69) is 5.32 Å². The number of nitrogens with one attached hydrogen (secondary N) is 1. The Hall–Kier alpha value is -1.55. The molecule has 0 heterocycles. The van der Waals surface area contributed by atoms with E-state index in [0.717, 1.165) is 11.3 Å². The Morgan fingerprint density at radius 3 is 2.63 bits per heavy atom. The van der Waals surface area contributed by atoms with E-state index in [9.17, 15) is 4.79 Å². The third-order valence-electron chi connectivity index (χ3n) is 3.23. The van der Waals surface area contributed by atoms with E-state index in [0.29, 0.717) is 13.0 Å². The minimum absolute atomic E-state index is 0.0994. The number of carbonyl (C=O) groups is 1. The lowest BCUT2D eigenvalue weighted by Gasteiger charge is -2.30. The molecular weight excluding hydrogens is 240 g/mol. The van der Waals surface area contributed by atoms with Crippen molar-refractivity contribution in [3.63, 3.8) is 0 Å². The summed E-state index contributed by atoms with van der Waals surface area (Å²) in [5.74, 6) is 0.493. The quantitative estimate of drug-likeness (QED) is 0.791. The van der Waals surface area contributed by atoms with Crippen molar-refractivity contribution in [2.75, 3.05) is 6.54 Å². The molecule has 0 saturated carbocycles. The number of ether oxygens (including phenoxy) is 1. The van der Waals surface area contributed by atoms with Gasteiger partial charge < -0.3 is 15.8 Å². The minimum Gasteiger partial charge on any atom is -0.490 e. The molecule has 1 amide bonds. The summed E-state index contributed by atoms with van der Waals surface area (Å²) < 4.78 is 5.89. The number of aryl methyl sites for hydroxylation is 1. The maximum absolute atomic E-state index is 11.6. The van der Waals surface area contributed by atoms with Crippen molar-refractivity contribution in [2.45, 2.75) is 45.8 Å². The monoisotopic (exact) mass is 264 g/mol. The molecule has 4 nitrogen and oxygen atoms in total. The average molecular weight is 264 g/mol. The van der Waals surface area contributed by atoms with Crippen molar-refractivity contribution in [1.82, 2.24) is 5.32 Å². The first-order valence-corrected chi connectivity index (χ1v) is 6.66. The van der Waals surface area contributed by atoms with Crippen LogP contribution in [-0.4, -0.2) is 24.1 Å². The van der Waals surface area contributed by atoms with E-state index < -0.39 is 5.54 Å². The van der Waals surface area contributed by atoms with E-state index >= 15 is 0 Å². The number of benzene rings is 1. The Morgan fingerprint density at radius 1 is 1.47 bits per heavy atom. The van der Waals surface area contributed by atoms with Crippen LogP contribution in [-0.2, 0) is 4.79 Å². The number of carbonyl (C=O) groups excluding carboxylic acids is 1. The summed E-state index contributed by atoms with van der Waals surface area (Å²) in [7, 11) is 0. The number of rotatable bonds is 7. The molecule has 0 spiro atoms. The zero-order valence-electron chi connectivity index (χ0n) is 12.2. The van der Waals surface area contributed by atoms with E-state index in [1.807, 2.05) is 52.0 Å². The molecule has 0 aliphatic carbocycles. The van der Waals surface area contributed by atoms with E-state index in [1.54, 1.807) is 0 Å². The third-order valence-corrected chi connectivity index (χ3v) is 3.23. The average Bonchev–Trinajstić information content (AvgIpc) is 2.32. The summed E-state index contributed by atoms with van der Waals surface area (Å²) in [6.45, 7) is 8.41. The van der Waals surface area contributed by atoms with Crippen LogP contribution in [0.1, 0.15) is 32.8 Å². The first-order valence-electron chi connectivity index (χ1n) is 6.66. The van der Waals surface area contributed by atoms with Gasteiger partial charge in [0.1, 0.15) is 5.75 Å². The highest BCUT2D eigenvalue weighted by atomic mass is 16.5. The molecule has 0 aliphatic heterocycles. The van der Waals surface area contributed by atoms with Crippen LogP contribution in [0.4, 0.5) is 0 Å². The molecule has 0 bridgehead atoms. The van der Waals surface area contributed by atoms with Crippen molar-refractivity contribution in [3.05, 3.63) is 29.8 Å². The van der Waals surface area contributed by atoms with Crippen LogP contribution in [0.3, 0.4) is 0 Å². The van der Waals surface area contributed by atoms with Gasteiger partial charge >= 0.3 is 0 Å². The highest BCUT2D eigenvalue weighted by molar-refractivity contribution is 5.84. The van der Waals surface area contributed by atoms with Crippen LogP contribution in [0.25, 0.3) is 0 Å². The number of para-hydroxylation sites is 1. The Balaban J connectivity index is 2.71. The molecule has 2 unspecified atom stereocenters. The number of primary amides is 1. The van der Waals surface area contributed by atoms with Gasteiger partial charge in [0.25, 0.3) is 0 Å². The molecule has 106 valence electrons. The minimum atomic E-state index is -0.739. The van der Waals surface area contributed by atoms with Gasteiger partial charge in [0.15, 0.2) is 0 Å². The maximum Gasteiger partial charge on any atom is 0.237 e. The van der Waals surface area contributed by atoms with Crippen molar-refractivity contribution < 1.29 is 9.53 Å². The van der Waals surface area contributed by atoms with Crippen LogP contribution >= 0.6 is 0 Å². The van der Waals surface area contributed by atoms with E-state index in [4.69, 9.17) is 10.5 Å². The number of hydrogen-bond donors (Lipinski definition) is 2. The van der Waals surface area contributed by atoms with Crippen molar-refractivity contribution in [1.29, 1.82) is 0 Å². The predicted molar refractivity (Wildman–Crippen MR) is 77.2 cm³/mol. The second kappa shape index (κ2) is 6.57. The summed E-state index contributed by atoms with van der Waals surface area (Å²) >= 11 is 0. The van der Waals surface area contributed by atoms with Gasteiger partial charge in [0.05, 0.1) is 11.6 Å². The van der Waals surface area contributed by atoms with Gasteiger partial charge in [-0.15, -0.1) is 0 Å². The zero-order valence-corrected chi connectivity index (χ0v) is 12.2. The van der Waals surface area contributed by atoms with Gasteiger partial charge in [0.2, 0.25) is 5.91 Å². The summed E-state index contributed by atoms with van der Waals surface area (Å²) in [4.78, 5) is 11.6. The Morgan fingerprint density at radius 2 is 2.11 bits per heavy atom. The summed E-state index contributed by atoms with van der Waals surface area (Å²) in [5.41, 5.74) is 5.81. The van der Waals surface area contributed by atoms with Crippen molar-refractivity contribution in [2.24, 2.45) is 5.73 Å². The van der Waals surface area contributed by atoms with Crippen molar-refractivity contribution in [3.8, 4) is 5.75 Å². The smallest absolute Gasteiger partial charge is 0.237 e. The molecular formula is C15H24N2O2. The fourth-order valence-corrected chi connectivity index (χ4v) is 2.17. The molecule has 0 radical (unpaired) electrons. The molecule has 1 aromatic rings. The summed E-state index contributed by atoms with van der Waals surface area (Å²) in [6.07, 6.45) is 0.433. The molecule has 2 atom stereocenters. The Labute approximate surface area is 115 Å². The zero-order chi connectivity index (χ0) is 14.5. The lowest BCUT2D eigenvalue weighted by atomic mass is 9.94. The molecule has 1 rings (SSSR count). The number of amides is 1.